The molecule has 1 amide bonds. The van der Waals surface area contributed by atoms with E-state index < -0.39 is 29.7 Å². The average molecular weight is 577 g/mol. The molecule has 0 bridgehead atoms. The highest BCUT2D eigenvalue weighted by Crippen LogP contribution is 2.32. The second-order valence-corrected chi connectivity index (χ2v) is 10.4. The van der Waals surface area contributed by atoms with Crippen molar-refractivity contribution in [2.24, 2.45) is 4.99 Å². The van der Waals surface area contributed by atoms with E-state index in [9.17, 15) is 18.8 Å². The van der Waals surface area contributed by atoms with E-state index in [0.717, 1.165) is 0 Å². The maximum atomic E-state index is 15.6. The van der Waals surface area contributed by atoms with Crippen LogP contribution in [0.25, 0.3) is 22.3 Å². The molecule has 0 aliphatic carbocycles. The monoisotopic (exact) mass is 576 g/mol. The Labute approximate surface area is 237 Å². The van der Waals surface area contributed by atoms with Gasteiger partial charge in [-0.25, -0.2) is 23.7 Å². The van der Waals surface area contributed by atoms with Crippen LogP contribution in [0.15, 0.2) is 47.5 Å². The van der Waals surface area contributed by atoms with Crippen LogP contribution in [0.4, 0.5) is 14.6 Å². The number of benzene rings is 2. The van der Waals surface area contributed by atoms with Crippen LogP contribution in [-0.2, 0) is 29.0 Å². The average Bonchev–Trinajstić information content (AvgIpc) is 3.67. The largest absolute Gasteiger partial charge is 0.328 e. The van der Waals surface area contributed by atoms with Crippen LogP contribution in [0.1, 0.15) is 35.0 Å². The Bertz CT molecular complexity index is 1770. The third kappa shape index (κ3) is 4.90. The molecule has 4 aromatic rings. The third-order valence-electron chi connectivity index (χ3n) is 7.35. The van der Waals surface area contributed by atoms with Crippen molar-refractivity contribution in [1.29, 1.82) is 0 Å². The van der Waals surface area contributed by atoms with Crippen molar-refractivity contribution in [3.05, 3.63) is 70.3 Å². The van der Waals surface area contributed by atoms with Crippen LogP contribution < -0.4 is 0 Å². The lowest BCUT2D eigenvalue weighted by Crippen LogP contribution is -2.43. The molecule has 208 valence electrons. The van der Waals surface area contributed by atoms with Gasteiger partial charge in [-0.1, -0.05) is 41.9 Å². The van der Waals surface area contributed by atoms with E-state index in [1.54, 1.807) is 36.5 Å². The van der Waals surface area contributed by atoms with Gasteiger partial charge in [-0.3, -0.25) is 19.1 Å². The number of rotatable bonds is 7. The Morgan fingerprint density at radius 3 is 2.71 bits per heavy atom. The van der Waals surface area contributed by atoms with Gasteiger partial charge in [0, 0.05) is 43.4 Å². The first-order valence-electron chi connectivity index (χ1n) is 13.0. The number of carbonyl (C=O) groups is 3. The van der Waals surface area contributed by atoms with Gasteiger partial charge in [0.15, 0.2) is 23.2 Å². The number of Topliss-reactive ketones (excluding diaryl/α,β-unsaturated/α-hetero) is 2. The fourth-order valence-corrected chi connectivity index (χ4v) is 5.60. The number of alkyl halides is 1. The molecule has 41 heavy (non-hydrogen) atoms. The molecular formula is C29H23ClF2N6O3. The topological polar surface area (TPSA) is 110 Å². The van der Waals surface area contributed by atoms with E-state index in [4.69, 9.17) is 11.6 Å². The first-order chi connectivity index (χ1) is 19.7. The molecular weight excluding hydrogens is 554 g/mol. The Balaban J connectivity index is 1.23. The lowest BCUT2D eigenvalue weighted by Gasteiger charge is -2.23. The number of hydrogen-bond acceptors (Lipinski definition) is 7. The number of halogens is 3. The molecule has 0 unspecified atom stereocenters. The summed E-state index contributed by atoms with van der Waals surface area (Å²) in [4.78, 5) is 52.6. The van der Waals surface area contributed by atoms with Gasteiger partial charge >= 0.3 is 0 Å². The number of amides is 1. The predicted molar refractivity (Wildman–Crippen MR) is 148 cm³/mol. The summed E-state index contributed by atoms with van der Waals surface area (Å²) in [6.07, 6.45) is 0.174. The van der Waals surface area contributed by atoms with Gasteiger partial charge in [0.2, 0.25) is 5.91 Å². The molecule has 0 radical (unpaired) electrons. The number of hydrogen-bond donors (Lipinski definition) is 0. The van der Waals surface area contributed by atoms with Crippen LogP contribution >= 0.6 is 11.6 Å². The van der Waals surface area contributed by atoms with E-state index in [1.165, 1.54) is 28.6 Å². The molecule has 12 heteroatoms. The molecule has 1 saturated heterocycles. The second-order valence-electron chi connectivity index (χ2n) is 10.1. The van der Waals surface area contributed by atoms with Crippen molar-refractivity contribution in [3.8, 4) is 11.4 Å². The number of aromatic nitrogens is 4. The van der Waals surface area contributed by atoms with Crippen LogP contribution in [0.2, 0.25) is 5.15 Å². The SMILES string of the molecule is CC(=O)c1nn(CC(=O)N2C[C@H](F)C[C@H]2C(=O)Cc2cccc(-c3nc(Cl)c4c(n3)N=CC4)c2F)c2ccccc12. The number of likely N-dealkylation sites (tertiary alicyclic amines) is 1. The molecule has 4 heterocycles. The highest BCUT2D eigenvalue weighted by atomic mass is 35.5. The van der Waals surface area contributed by atoms with E-state index in [0.29, 0.717) is 28.7 Å². The van der Waals surface area contributed by atoms with Gasteiger partial charge < -0.3 is 4.90 Å². The minimum Gasteiger partial charge on any atom is -0.328 e. The summed E-state index contributed by atoms with van der Waals surface area (Å²) in [5.41, 5.74) is 1.58. The van der Waals surface area contributed by atoms with Gasteiger partial charge in [0.1, 0.15) is 29.4 Å². The van der Waals surface area contributed by atoms with E-state index in [2.05, 4.69) is 20.1 Å². The van der Waals surface area contributed by atoms with Crippen LogP contribution in [0.5, 0.6) is 0 Å². The standard InChI is InChI=1S/C29H23ClF2N6O3/c1-15(39)26-18-6-2-3-8-21(18)38(36-26)14-24(41)37-13-17(31)12-22(37)23(40)11-16-5-4-7-19(25(16)32)29-34-27(30)20-9-10-33-28(20)35-29/h2-8,10,17,22H,9,11-14H2,1H3/t17-,22+/m1/s1. The van der Waals surface area contributed by atoms with Crippen molar-refractivity contribution in [1.82, 2.24) is 24.6 Å². The molecule has 2 aromatic heterocycles. The third-order valence-corrected chi connectivity index (χ3v) is 7.66. The minimum absolute atomic E-state index is 0.0393. The van der Waals surface area contributed by atoms with Crippen LogP contribution in [0, 0.1) is 5.82 Å². The highest BCUT2D eigenvalue weighted by Gasteiger charge is 2.40. The summed E-state index contributed by atoms with van der Waals surface area (Å²) in [7, 11) is 0. The smallest absolute Gasteiger partial charge is 0.245 e. The van der Waals surface area contributed by atoms with Gasteiger partial charge in [-0.05, 0) is 17.7 Å². The number of aliphatic imine (C=N–C) groups is 1. The first kappa shape index (κ1) is 26.8. The second kappa shape index (κ2) is 10.5. The number of carbonyl (C=O) groups excluding carboxylic acids is 3. The van der Waals surface area contributed by atoms with Crippen molar-refractivity contribution in [3.63, 3.8) is 0 Å². The maximum Gasteiger partial charge on any atom is 0.245 e. The Morgan fingerprint density at radius 2 is 1.90 bits per heavy atom. The summed E-state index contributed by atoms with van der Waals surface area (Å²) in [6.45, 7) is 0.836. The van der Waals surface area contributed by atoms with Gasteiger partial charge in [-0.15, -0.1) is 0 Å². The molecule has 2 aliphatic rings. The molecule has 9 nitrogen and oxygen atoms in total. The molecule has 0 spiro atoms. The molecule has 2 aromatic carbocycles. The summed E-state index contributed by atoms with van der Waals surface area (Å²) < 4.78 is 31.6. The number of fused-ring (bicyclic) bond motifs is 2. The zero-order valence-electron chi connectivity index (χ0n) is 21.9. The Kier molecular flexibility index (Phi) is 6.90. The summed E-state index contributed by atoms with van der Waals surface area (Å²) in [5.74, 6) is -1.57. The predicted octanol–water partition coefficient (Wildman–Crippen LogP) is 4.50. The molecule has 0 saturated carbocycles. The summed E-state index contributed by atoms with van der Waals surface area (Å²) >= 11 is 6.25. The fourth-order valence-electron chi connectivity index (χ4n) is 5.36. The van der Waals surface area contributed by atoms with Gasteiger partial charge in [-0.2, -0.15) is 5.10 Å². The molecule has 2 aliphatic heterocycles. The van der Waals surface area contributed by atoms with E-state index in [1.807, 2.05) is 0 Å². The zero-order valence-corrected chi connectivity index (χ0v) is 22.6. The molecule has 0 N–H and O–H groups in total. The Hall–Kier alpha value is -4.38. The van der Waals surface area contributed by atoms with E-state index >= 15 is 4.39 Å². The summed E-state index contributed by atoms with van der Waals surface area (Å²) in [5, 5.41) is 5.07. The highest BCUT2D eigenvalue weighted by molar-refractivity contribution is 6.30. The van der Waals surface area contributed by atoms with Crippen molar-refractivity contribution in [2.45, 2.75) is 44.9 Å². The quantitative estimate of drug-likeness (QED) is 0.237. The van der Waals surface area contributed by atoms with Crippen molar-refractivity contribution >= 4 is 52.0 Å². The Morgan fingerprint density at radius 1 is 1.10 bits per heavy atom. The van der Waals surface area contributed by atoms with Gasteiger partial charge in [0.05, 0.1) is 23.7 Å². The normalized spacial score (nSPS) is 17.8. The van der Waals surface area contributed by atoms with Gasteiger partial charge in [0.25, 0.3) is 0 Å². The fraction of sp³-hybridized carbons (Fsp3) is 0.276. The van der Waals surface area contributed by atoms with Crippen LogP contribution in [0.3, 0.4) is 0 Å². The molecule has 2 atom stereocenters. The lowest BCUT2D eigenvalue weighted by molar-refractivity contribution is -0.138. The minimum atomic E-state index is -1.41. The van der Waals surface area contributed by atoms with Crippen molar-refractivity contribution in [2.75, 3.05) is 6.54 Å². The molecule has 1 fully saturated rings. The zero-order chi connectivity index (χ0) is 28.8. The number of ketones is 2. The lowest BCUT2D eigenvalue weighted by atomic mass is 9.99. The summed E-state index contributed by atoms with van der Waals surface area (Å²) in [6, 6.07) is 10.4. The van der Waals surface area contributed by atoms with Crippen LogP contribution in [-0.4, -0.2) is 67.1 Å². The maximum absolute atomic E-state index is 15.6. The van der Waals surface area contributed by atoms with Crippen molar-refractivity contribution < 1.29 is 23.2 Å². The number of para-hydroxylation sites is 1. The molecule has 6 rings (SSSR count). The first-order valence-corrected chi connectivity index (χ1v) is 13.4. The van der Waals surface area contributed by atoms with E-state index in [-0.39, 0.29) is 59.5 Å². The number of nitrogens with zero attached hydrogens (tertiary/aromatic N) is 6.